The van der Waals surface area contributed by atoms with E-state index in [4.69, 9.17) is 0 Å². The number of anilines is 1. The van der Waals surface area contributed by atoms with Gasteiger partial charge in [-0.3, -0.25) is 9.59 Å². The van der Waals surface area contributed by atoms with Crippen LogP contribution in [0.25, 0.3) is 0 Å². The number of carbonyl (C=O) groups excluding carboxylic acids is 1. The Morgan fingerprint density at radius 3 is 2.67 bits per heavy atom. The van der Waals surface area contributed by atoms with E-state index < -0.39 is 0 Å². The molecule has 4 rings (SSSR count). The van der Waals surface area contributed by atoms with Crippen molar-refractivity contribution >= 4 is 11.7 Å². The number of carbonyl (C=O) groups is 1. The van der Waals surface area contributed by atoms with E-state index in [1.807, 2.05) is 12.1 Å². The molecule has 0 radical (unpaired) electrons. The summed E-state index contributed by atoms with van der Waals surface area (Å²) in [6, 6.07) is 5.37. The van der Waals surface area contributed by atoms with Gasteiger partial charge in [-0.2, -0.15) is 0 Å². The molecule has 2 N–H and O–H groups in total. The zero-order chi connectivity index (χ0) is 18.8. The van der Waals surface area contributed by atoms with Crippen LogP contribution in [0.3, 0.4) is 0 Å². The molecule has 0 atom stereocenters. The van der Waals surface area contributed by atoms with E-state index in [0.29, 0.717) is 11.5 Å². The standard InChI is InChI=1S/C20H25N5O2/c1-2-15-11-18(22-12-21-15)25-7-5-16(6-8-25)23-20(27)14-9-17(13-3-4-13)24-19(26)10-14/h9-13,16H,2-8H2,1H3,(H,23,27)(H,24,26). The normalized spacial score (nSPS) is 17.7. The van der Waals surface area contributed by atoms with Gasteiger partial charge < -0.3 is 15.2 Å². The summed E-state index contributed by atoms with van der Waals surface area (Å²) in [5.41, 5.74) is 2.19. The quantitative estimate of drug-likeness (QED) is 0.843. The van der Waals surface area contributed by atoms with Gasteiger partial charge in [0.1, 0.15) is 12.1 Å². The van der Waals surface area contributed by atoms with Crippen molar-refractivity contribution in [2.45, 2.75) is 51.0 Å². The van der Waals surface area contributed by atoms with Crippen LogP contribution < -0.4 is 15.8 Å². The Morgan fingerprint density at radius 2 is 1.96 bits per heavy atom. The van der Waals surface area contributed by atoms with Crippen molar-refractivity contribution in [3.05, 3.63) is 51.8 Å². The molecule has 0 bridgehead atoms. The van der Waals surface area contributed by atoms with Crippen molar-refractivity contribution in [1.82, 2.24) is 20.3 Å². The molecule has 2 aromatic heterocycles. The first kappa shape index (κ1) is 17.7. The molecule has 27 heavy (non-hydrogen) atoms. The van der Waals surface area contributed by atoms with Crippen LogP contribution in [0.15, 0.2) is 29.3 Å². The molecule has 2 fully saturated rings. The van der Waals surface area contributed by atoms with Gasteiger partial charge in [0, 0.05) is 48.2 Å². The maximum Gasteiger partial charge on any atom is 0.251 e. The molecule has 1 amide bonds. The Bertz CT molecular complexity index is 882. The van der Waals surface area contributed by atoms with Crippen molar-refractivity contribution in [3.8, 4) is 0 Å². The van der Waals surface area contributed by atoms with Gasteiger partial charge in [-0.05, 0) is 44.1 Å². The minimum absolute atomic E-state index is 0.116. The van der Waals surface area contributed by atoms with Gasteiger partial charge >= 0.3 is 0 Å². The van der Waals surface area contributed by atoms with Gasteiger partial charge in [-0.15, -0.1) is 0 Å². The summed E-state index contributed by atoms with van der Waals surface area (Å²) in [5.74, 6) is 1.21. The minimum atomic E-state index is -0.199. The molecule has 7 nitrogen and oxygen atoms in total. The number of aromatic amines is 1. The molecule has 0 spiro atoms. The number of hydrogen-bond acceptors (Lipinski definition) is 5. The predicted molar refractivity (Wildman–Crippen MR) is 103 cm³/mol. The highest BCUT2D eigenvalue weighted by molar-refractivity contribution is 5.94. The summed E-state index contributed by atoms with van der Waals surface area (Å²) < 4.78 is 0. The first-order valence-corrected chi connectivity index (χ1v) is 9.73. The van der Waals surface area contributed by atoms with Gasteiger partial charge in [0.2, 0.25) is 5.56 Å². The molecule has 1 saturated carbocycles. The van der Waals surface area contributed by atoms with Crippen molar-refractivity contribution in [1.29, 1.82) is 0 Å². The van der Waals surface area contributed by atoms with Gasteiger partial charge in [0.05, 0.1) is 0 Å². The van der Waals surface area contributed by atoms with Crippen LogP contribution in [0.1, 0.15) is 60.3 Å². The highest BCUT2D eigenvalue weighted by Crippen LogP contribution is 2.38. The fourth-order valence-corrected chi connectivity index (χ4v) is 3.58. The maximum absolute atomic E-state index is 12.6. The Labute approximate surface area is 158 Å². The molecule has 1 aliphatic carbocycles. The number of hydrogen-bond donors (Lipinski definition) is 2. The zero-order valence-electron chi connectivity index (χ0n) is 15.6. The van der Waals surface area contributed by atoms with Crippen molar-refractivity contribution in [2.24, 2.45) is 0 Å². The molecule has 2 aliphatic rings. The first-order chi connectivity index (χ1) is 13.1. The summed E-state index contributed by atoms with van der Waals surface area (Å²) in [6.45, 7) is 3.76. The molecule has 3 heterocycles. The van der Waals surface area contributed by atoms with Gasteiger partial charge in [0.15, 0.2) is 0 Å². The lowest BCUT2D eigenvalue weighted by Crippen LogP contribution is -2.45. The predicted octanol–water partition coefficient (Wildman–Crippen LogP) is 2.00. The monoisotopic (exact) mass is 367 g/mol. The average molecular weight is 367 g/mol. The van der Waals surface area contributed by atoms with Crippen LogP contribution in [-0.4, -0.2) is 40.0 Å². The smallest absolute Gasteiger partial charge is 0.251 e. The fourth-order valence-electron chi connectivity index (χ4n) is 3.58. The Balaban J connectivity index is 1.36. The number of piperidine rings is 1. The van der Waals surface area contributed by atoms with E-state index in [9.17, 15) is 9.59 Å². The Kier molecular flexibility index (Phi) is 4.92. The van der Waals surface area contributed by atoms with E-state index >= 15 is 0 Å². The Hall–Kier alpha value is -2.70. The molecule has 1 aliphatic heterocycles. The molecule has 0 unspecified atom stereocenters. The summed E-state index contributed by atoms with van der Waals surface area (Å²) in [5, 5.41) is 3.09. The lowest BCUT2D eigenvalue weighted by molar-refractivity contribution is 0.0930. The molecular formula is C20H25N5O2. The minimum Gasteiger partial charge on any atom is -0.356 e. The van der Waals surface area contributed by atoms with Gasteiger partial charge in [0.25, 0.3) is 5.91 Å². The molecule has 7 heteroatoms. The van der Waals surface area contributed by atoms with E-state index in [-0.39, 0.29) is 17.5 Å². The lowest BCUT2D eigenvalue weighted by atomic mass is 10.0. The number of pyridine rings is 1. The molecule has 142 valence electrons. The van der Waals surface area contributed by atoms with Crippen LogP contribution >= 0.6 is 0 Å². The fraction of sp³-hybridized carbons (Fsp3) is 0.500. The zero-order valence-corrected chi connectivity index (χ0v) is 15.6. The van der Waals surface area contributed by atoms with Crippen LogP contribution in [-0.2, 0) is 6.42 Å². The number of H-pyrrole nitrogens is 1. The van der Waals surface area contributed by atoms with Gasteiger partial charge in [-0.1, -0.05) is 6.92 Å². The van der Waals surface area contributed by atoms with E-state index in [1.165, 1.54) is 6.07 Å². The number of nitrogens with zero attached hydrogens (tertiary/aromatic N) is 3. The maximum atomic E-state index is 12.6. The van der Waals surface area contributed by atoms with E-state index in [1.54, 1.807) is 6.33 Å². The molecule has 0 aromatic carbocycles. The van der Waals surface area contributed by atoms with Crippen molar-refractivity contribution in [3.63, 3.8) is 0 Å². The third-order valence-corrected chi connectivity index (χ3v) is 5.37. The summed E-state index contributed by atoms with van der Waals surface area (Å²) in [7, 11) is 0. The summed E-state index contributed by atoms with van der Waals surface area (Å²) in [6.07, 6.45) is 6.39. The molecule has 1 saturated heterocycles. The largest absolute Gasteiger partial charge is 0.356 e. The van der Waals surface area contributed by atoms with Crippen LogP contribution in [0.2, 0.25) is 0 Å². The highest BCUT2D eigenvalue weighted by atomic mass is 16.2. The van der Waals surface area contributed by atoms with Crippen LogP contribution in [0.5, 0.6) is 0 Å². The molecule has 2 aromatic rings. The average Bonchev–Trinajstić information content (AvgIpc) is 3.53. The number of aromatic nitrogens is 3. The summed E-state index contributed by atoms with van der Waals surface area (Å²) >= 11 is 0. The molecular weight excluding hydrogens is 342 g/mol. The lowest BCUT2D eigenvalue weighted by Gasteiger charge is -2.33. The van der Waals surface area contributed by atoms with Gasteiger partial charge in [-0.25, -0.2) is 9.97 Å². The van der Waals surface area contributed by atoms with Crippen molar-refractivity contribution < 1.29 is 4.79 Å². The topological polar surface area (TPSA) is 91.0 Å². The van der Waals surface area contributed by atoms with Crippen LogP contribution in [0.4, 0.5) is 5.82 Å². The van der Waals surface area contributed by atoms with E-state index in [2.05, 4.69) is 32.1 Å². The Morgan fingerprint density at radius 1 is 1.19 bits per heavy atom. The third-order valence-electron chi connectivity index (χ3n) is 5.37. The van der Waals surface area contributed by atoms with E-state index in [0.717, 1.165) is 62.4 Å². The van der Waals surface area contributed by atoms with Crippen molar-refractivity contribution in [2.75, 3.05) is 18.0 Å². The second kappa shape index (κ2) is 7.50. The third kappa shape index (κ3) is 4.18. The first-order valence-electron chi connectivity index (χ1n) is 9.73. The second-order valence-corrected chi connectivity index (χ2v) is 7.42. The highest BCUT2D eigenvalue weighted by Gasteiger charge is 2.26. The number of nitrogens with one attached hydrogen (secondary N) is 2. The number of rotatable bonds is 5. The summed E-state index contributed by atoms with van der Waals surface area (Å²) in [4.78, 5) is 38.1. The second-order valence-electron chi connectivity index (χ2n) is 7.42. The SMILES string of the molecule is CCc1cc(N2CCC(NC(=O)c3cc(C4CC4)[nH]c(=O)c3)CC2)ncn1. The number of aryl methyl sites for hydroxylation is 1. The number of amides is 1. The van der Waals surface area contributed by atoms with Crippen LogP contribution in [0, 0.1) is 0 Å².